The number of rotatable bonds is 7. The molecule has 1 amide bonds. The minimum atomic E-state index is 0.0266. The highest BCUT2D eigenvalue weighted by Crippen LogP contribution is 2.18. The van der Waals surface area contributed by atoms with Gasteiger partial charge in [0.15, 0.2) is 0 Å². The number of carbonyl (C=O) groups is 1. The van der Waals surface area contributed by atoms with Crippen LogP contribution in [0.1, 0.15) is 12.0 Å². The summed E-state index contributed by atoms with van der Waals surface area (Å²) in [5.74, 6) is 4.01. The molecule has 1 aliphatic rings. The highest BCUT2D eigenvalue weighted by Gasteiger charge is 2.13. The van der Waals surface area contributed by atoms with Crippen molar-refractivity contribution >= 4 is 29.3 Å². The lowest BCUT2D eigenvalue weighted by Gasteiger charge is -2.27. The summed E-state index contributed by atoms with van der Waals surface area (Å²) in [7, 11) is 0. The zero-order valence-corrected chi connectivity index (χ0v) is 15.0. The Balaban J connectivity index is 1.41. The quantitative estimate of drug-likeness (QED) is 0.791. The minimum absolute atomic E-state index is 0.0266. The van der Waals surface area contributed by atoms with Gasteiger partial charge in [-0.25, -0.2) is 9.97 Å². The van der Waals surface area contributed by atoms with Crippen LogP contribution in [0.3, 0.4) is 0 Å². The summed E-state index contributed by atoms with van der Waals surface area (Å²) in [6.07, 6.45) is 1.99. The van der Waals surface area contributed by atoms with Crippen molar-refractivity contribution in [1.29, 1.82) is 0 Å². The van der Waals surface area contributed by atoms with Crippen LogP contribution in [0.5, 0.6) is 0 Å². The van der Waals surface area contributed by atoms with E-state index in [1.807, 2.05) is 48.2 Å². The van der Waals surface area contributed by atoms with Crippen molar-refractivity contribution in [3.63, 3.8) is 0 Å². The van der Waals surface area contributed by atoms with Gasteiger partial charge in [-0.2, -0.15) is 11.8 Å². The summed E-state index contributed by atoms with van der Waals surface area (Å²) in [5.41, 5.74) is 1.10. The van der Waals surface area contributed by atoms with Crippen molar-refractivity contribution in [3.8, 4) is 0 Å². The minimum Gasteiger partial charge on any atom is -0.369 e. The van der Waals surface area contributed by atoms with Gasteiger partial charge in [0.2, 0.25) is 5.91 Å². The van der Waals surface area contributed by atoms with Gasteiger partial charge in [-0.1, -0.05) is 30.3 Å². The van der Waals surface area contributed by atoms with Crippen LogP contribution in [0.25, 0.3) is 0 Å². The smallest absolute Gasteiger partial charge is 0.222 e. The Morgan fingerprint density at radius 2 is 1.96 bits per heavy atom. The summed E-state index contributed by atoms with van der Waals surface area (Å²) in [4.78, 5) is 22.8. The number of benzene rings is 1. The van der Waals surface area contributed by atoms with E-state index in [-0.39, 0.29) is 5.91 Å². The number of amides is 1. The molecule has 1 aromatic carbocycles. The highest BCUT2D eigenvalue weighted by atomic mass is 32.2. The third-order valence-corrected chi connectivity index (χ3v) is 4.92. The molecule has 1 aromatic heterocycles. The van der Waals surface area contributed by atoms with Crippen molar-refractivity contribution in [3.05, 3.63) is 48.3 Å². The number of anilines is 2. The monoisotopic (exact) mass is 357 g/mol. The van der Waals surface area contributed by atoms with Gasteiger partial charge in [0.05, 0.1) is 0 Å². The maximum absolute atomic E-state index is 11.9. The standard InChI is InChI=1S/C18H23N5OS/c24-18(20-13-15-4-2-1-3-5-15)6-7-19-16-12-17(22-14-21-16)23-8-10-25-11-9-23/h1-5,12,14H,6-11,13H2,(H,20,24)(H,19,21,22). The van der Waals surface area contributed by atoms with E-state index in [4.69, 9.17) is 0 Å². The SMILES string of the molecule is O=C(CCNc1cc(N2CCSCC2)ncn1)NCc1ccccc1. The molecule has 132 valence electrons. The van der Waals surface area contributed by atoms with Crippen LogP contribution in [0.2, 0.25) is 0 Å². The average Bonchev–Trinajstić information content (AvgIpc) is 2.68. The molecule has 2 aromatic rings. The van der Waals surface area contributed by atoms with Gasteiger partial charge in [-0.05, 0) is 5.56 Å². The van der Waals surface area contributed by atoms with E-state index < -0.39 is 0 Å². The molecule has 1 saturated heterocycles. The van der Waals surface area contributed by atoms with E-state index in [1.165, 1.54) is 0 Å². The molecule has 3 rings (SSSR count). The second-order valence-corrected chi connectivity index (χ2v) is 7.02. The Bertz CT molecular complexity index is 676. The fraction of sp³-hybridized carbons (Fsp3) is 0.389. The molecule has 0 atom stereocenters. The van der Waals surface area contributed by atoms with Gasteiger partial charge in [-0.3, -0.25) is 4.79 Å². The van der Waals surface area contributed by atoms with Gasteiger partial charge in [0.25, 0.3) is 0 Å². The number of nitrogens with one attached hydrogen (secondary N) is 2. The molecule has 0 spiro atoms. The largest absolute Gasteiger partial charge is 0.369 e. The molecule has 2 heterocycles. The molecular weight excluding hydrogens is 334 g/mol. The van der Waals surface area contributed by atoms with E-state index >= 15 is 0 Å². The molecule has 6 nitrogen and oxygen atoms in total. The number of hydrogen-bond acceptors (Lipinski definition) is 6. The highest BCUT2D eigenvalue weighted by molar-refractivity contribution is 7.99. The molecule has 0 aliphatic carbocycles. The number of aromatic nitrogens is 2. The number of nitrogens with zero attached hydrogens (tertiary/aromatic N) is 3. The van der Waals surface area contributed by atoms with Crippen LogP contribution in [0, 0.1) is 0 Å². The molecule has 0 radical (unpaired) electrons. The van der Waals surface area contributed by atoms with Crippen molar-refractivity contribution in [2.75, 3.05) is 41.4 Å². The van der Waals surface area contributed by atoms with Crippen molar-refractivity contribution in [2.45, 2.75) is 13.0 Å². The Labute approximate surface area is 152 Å². The third kappa shape index (κ3) is 5.63. The summed E-state index contributed by atoms with van der Waals surface area (Å²) in [6.45, 7) is 3.14. The summed E-state index contributed by atoms with van der Waals surface area (Å²) in [5, 5.41) is 6.14. The first-order valence-corrected chi connectivity index (χ1v) is 9.66. The van der Waals surface area contributed by atoms with Crippen LogP contribution in [0.15, 0.2) is 42.7 Å². The maximum atomic E-state index is 11.9. The Morgan fingerprint density at radius 3 is 2.76 bits per heavy atom. The zero-order valence-electron chi connectivity index (χ0n) is 14.1. The normalized spacial score (nSPS) is 14.2. The lowest BCUT2D eigenvalue weighted by Crippen LogP contribution is -2.33. The van der Waals surface area contributed by atoms with E-state index in [9.17, 15) is 4.79 Å². The number of hydrogen-bond donors (Lipinski definition) is 2. The Kier molecular flexibility index (Phi) is 6.50. The van der Waals surface area contributed by atoms with Crippen LogP contribution < -0.4 is 15.5 Å². The summed E-state index contributed by atoms with van der Waals surface area (Å²) < 4.78 is 0. The van der Waals surface area contributed by atoms with E-state index in [1.54, 1.807) is 6.33 Å². The third-order valence-electron chi connectivity index (χ3n) is 3.98. The van der Waals surface area contributed by atoms with Crippen molar-refractivity contribution in [2.24, 2.45) is 0 Å². The fourth-order valence-electron chi connectivity index (χ4n) is 2.60. The van der Waals surface area contributed by atoms with Crippen LogP contribution in [0.4, 0.5) is 11.6 Å². The second kappa shape index (κ2) is 9.27. The molecule has 0 bridgehead atoms. The number of thioether (sulfide) groups is 1. The maximum Gasteiger partial charge on any atom is 0.222 e. The van der Waals surface area contributed by atoms with Gasteiger partial charge >= 0.3 is 0 Å². The van der Waals surface area contributed by atoms with Gasteiger partial charge < -0.3 is 15.5 Å². The Hall–Kier alpha value is -2.28. The molecule has 1 aliphatic heterocycles. The lowest BCUT2D eigenvalue weighted by atomic mass is 10.2. The molecule has 0 saturated carbocycles. The van der Waals surface area contributed by atoms with Crippen LogP contribution in [-0.4, -0.2) is 47.0 Å². The molecule has 2 N–H and O–H groups in total. The molecule has 7 heteroatoms. The molecule has 0 unspecified atom stereocenters. The van der Waals surface area contributed by atoms with Crippen molar-refractivity contribution in [1.82, 2.24) is 15.3 Å². The second-order valence-electron chi connectivity index (χ2n) is 5.80. The zero-order chi connectivity index (χ0) is 17.3. The van der Waals surface area contributed by atoms with Crippen LogP contribution in [-0.2, 0) is 11.3 Å². The average molecular weight is 357 g/mol. The van der Waals surface area contributed by atoms with E-state index in [0.717, 1.165) is 41.8 Å². The van der Waals surface area contributed by atoms with Gasteiger partial charge in [-0.15, -0.1) is 0 Å². The predicted octanol–water partition coefficient (Wildman–Crippen LogP) is 2.15. The van der Waals surface area contributed by atoms with E-state index in [0.29, 0.717) is 19.5 Å². The van der Waals surface area contributed by atoms with E-state index in [2.05, 4.69) is 25.5 Å². The van der Waals surface area contributed by atoms with Gasteiger partial charge in [0.1, 0.15) is 18.0 Å². The predicted molar refractivity (Wildman–Crippen MR) is 103 cm³/mol. The molecule has 25 heavy (non-hydrogen) atoms. The van der Waals surface area contributed by atoms with Gasteiger partial charge in [0, 0.05) is 50.2 Å². The topological polar surface area (TPSA) is 70.2 Å². The fourth-order valence-corrected chi connectivity index (χ4v) is 3.50. The molecular formula is C18H23N5OS. The Morgan fingerprint density at radius 1 is 1.16 bits per heavy atom. The first-order chi connectivity index (χ1) is 12.3. The summed E-state index contributed by atoms with van der Waals surface area (Å²) >= 11 is 1.97. The number of carbonyl (C=O) groups excluding carboxylic acids is 1. The lowest BCUT2D eigenvalue weighted by molar-refractivity contribution is -0.121. The molecule has 1 fully saturated rings. The first-order valence-electron chi connectivity index (χ1n) is 8.50. The van der Waals surface area contributed by atoms with Crippen molar-refractivity contribution < 1.29 is 4.79 Å². The van der Waals surface area contributed by atoms with Crippen LogP contribution >= 0.6 is 11.8 Å². The first kappa shape index (κ1) is 17.5. The summed E-state index contributed by atoms with van der Waals surface area (Å²) in [6, 6.07) is 11.9.